The Bertz CT molecular complexity index is 1150. The van der Waals surface area contributed by atoms with Crippen molar-refractivity contribution in [2.24, 2.45) is 11.3 Å². The summed E-state index contributed by atoms with van der Waals surface area (Å²) >= 11 is 0. The van der Waals surface area contributed by atoms with Gasteiger partial charge >= 0.3 is 0 Å². The summed E-state index contributed by atoms with van der Waals surface area (Å²) in [6, 6.07) is 23.3. The zero-order valence-corrected chi connectivity index (χ0v) is 17.8. The van der Waals surface area contributed by atoms with Gasteiger partial charge in [-0.3, -0.25) is 9.59 Å². The monoisotopic (exact) mass is 428 g/mol. The highest BCUT2D eigenvalue weighted by atomic mass is 19.1. The van der Waals surface area contributed by atoms with E-state index >= 15 is 0 Å². The molecule has 2 aliphatic rings. The largest absolute Gasteiger partial charge is 0.339 e. The molecule has 5 rings (SSSR count). The van der Waals surface area contributed by atoms with Crippen LogP contribution in [0.5, 0.6) is 0 Å². The predicted molar refractivity (Wildman–Crippen MR) is 123 cm³/mol. The number of para-hydroxylation sites is 1. The topological polar surface area (TPSA) is 49.4 Å². The Morgan fingerprint density at radius 2 is 1.62 bits per heavy atom. The van der Waals surface area contributed by atoms with Crippen LogP contribution < -0.4 is 5.32 Å². The molecule has 3 aromatic rings. The third-order valence-electron chi connectivity index (χ3n) is 6.89. The molecule has 1 heterocycles. The number of rotatable bonds is 4. The number of piperidine rings is 1. The van der Waals surface area contributed by atoms with Crippen LogP contribution in [0.15, 0.2) is 78.9 Å². The predicted octanol–water partition coefficient (Wildman–Crippen LogP) is 5.37. The third kappa shape index (κ3) is 3.91. The van der Waals surface area contributed by atoms with Crippen molar-refractivity contribution in [3.63, 3.8) is 0 Å². The second-order valence-corrected chi connectivity index (χ2v) is 8.83. The summed E-state index contributed by atoms with van der Waals surface area (Å²) in [6.45, 7) is 1.27. The number of amides is 2. The lowest BCUT2D eigenvalue weighted by molar-refractivity contribution is -0.118. The molecule has 2 amide bonds. The molecule has 0 radical (unpaired) electrons. The number of likely N-dealkylation sites (tertiary alicyclic amines) is 1. The van der Waals surface area contributed by atoms with Crippen molar-refractivity contribution in [2.45, 2.75) is 19.3 Å². The van der Waals surface area contributed by atoms with E-state index in [1.165, 1.54) is 6.07 Å². The average Bonchev–Trinajstić information content (AvgIpc) is 3.53. The number of hydrogen-bond donors (Lipinski definition) is 1. The fourth-order valence-electron chi connectivity index (χ4n) is 4.87. The van der Waals surface area contributed by atoms with Crippen LogP contribution in [-0.2, 0) is 4.79 Å². The van der Waals surface area contributed by atoms with E-state index < -0.39 is 0 Å². The Balaban J connectivity index is 1.22. The number of benzene rings is 3. The lowest BCUT2D eigenvalue weighted by Gasteiger charge is -2.33. The van der Waals surface area contributed by atoms with Crippen LogP contribution in [0, 0.1) is 17.2 Å². The molecule has 3 aromatic carbocycles. The van der Waals surface area contributed by atoms with Crippen molar-refractivity contribution < 1.29 is 14.0 Å². The smallest absolute Gasteiger partial charge is 0.253 e. The second-order valence-electron chi connectivity index (χ2n) is 8.83. The third-order valence-corrected chi connectivity index (χ3v) is 6.89. The van der Waals surface area contributed by atoms with E-state index in [9.17, 15) is 14.0 Å². The maximum atomic E-state index is 14.2. The highest BCUT2D eigenvalue weighted by Crippen LogP contribution is 2.59. The van der Waals surface area contributed by atoms with Crippen LogP contribution in [0.3, 0.4) is 0 Å². The Morgan fingerprint density at radius 3 is 2.38 bits per heavy atom. The van der Waals surface area contributed by atoms with Gasteiger partial charge in [0.1, 0.15) is 5.82 Å². The molecule has 1 spiro atoms. The van der Waals surface area contributed by atoms with E-state index in [2.05, 4.69) is 5.32 Å². The van der Waals surface area contributed by atoms with Crippen molar-refractivity contribution in [2.75, 3.05) is 18.4 Å². The first kappa shape index (κ1) is 20.4. The summed E-state index contributed by atoms with van der Waals surface area (Å²) in [7, 11) is 0. The second kappa shape index (κ2) is 8.23. The number of nitrogens with one attached hydrogen (secondary N) is 1. The van der Waals surface area contributed by atoms with E-state index in [1.54, 1.807) is 36.4 Å². The zero-order chi connectivity index (χ0) is 22.1. The van der Waals surface area contributed by atoms with Crippen LogP contribution in [0.4, 0.5) is 10.1 Å². The molecule has 4 nitrogen and oxygen atoms in total. The molecule has 1 aliphatic heterocycles. The van der Waals surface area contributed by atoms with Crippen molar-refractivity contribution in [1.82, 2.24) is 4.90 Å². The van der Waals surface area contributed by atoms with Gasteiger partial charge < -0.3 is 10.2 Å². The maximum Gasteiger partial charge on any atom is 0.253 e. The van der Waals surface area contributed by atoms with Gasteiger partial charge in [0.05, 0.1) is 0 Å². The Morgan fingerprint density at radius 1 is 0.906 bits per heavy atom. The molecular weight excluding hydrogens is 403 g/mol. The molecule has 1 saturated heterocycles. The van der Waals surface area contributed by atoms with Crippen LogP contribution in [0.1, 0.15) is 29.6 Å². The summed E-state index contributed by atoms with van der Waals surface area (Å²) in [6.07, 6.45) is 2.55. The van der Waals surface area contributed by atoms with E-state index in [1.807, 2.05) is 41.3 Å². The van der Waals surface area contributed by atoms with Crippen LogP contribution >= 0.6 is 0 Å². The van der Waals surface area contributed by atoms with Crippen molar-refractivity contribution in [1.29, 1.82) is 0 Å². The highest BCUT2D eigenvalue weighted by Gasteiger charge is 2.58. The molecule has 1 unspecified atom stereocenters. The molecule has 1 atom stereocenters. The van der Waals surface area contributed by atoms with Crippen LogP contribution in [-0.4, -0.2) is 29.8 Å². The lowest BCUT2D eigenvalue weighted by atomic mass is 9.90. The van der Waals surface area contributed by atoms with E-state index in [0.717, 1.165) is 24.9 Å². The Hall–Kier alpha value is -3.47. The van der Waals surface area contributed by atoms with Gasteiger partial charge in [-0.1, -0.05) is 48.5 Å². The quantitative estimate of drug-likeness (QED) is 0.607. The minimum atomic E-state index is -0.300. The first-order valence-corrected chi connectivity index (χ1v) is 11.1. The van der Waals surface area contributed by atoms with Gasteiger partial charge in [-0.2, -0.15) is 0 Å². The number of halogens is 1. The Labute approximate surface area is 187 Å². The van der Waals surface area contributed by atoms with E-state index in [-0.39, 0.29) is 29.0 Å². The number of nitrogens with zero attached hydrogens (tertiary/aromatic N) is 1. The highest BCUT2D eigenvalue weighted by molar-refractivity contribution is 5.96. The molecule has 5 heteroatoms. The van der Waals surface area contributed by atoms with Crippen molar-refractivity contribution >= 4 is 17.5 Å². The molecule has 162 valence electrons. The maximum absolute atomic E-state index is 14.2. The van der Waals surface area contributed by atoms with Gasteiger partial charge in [-0.15, -0.1) is 0 Å². The fraction of sp³-hybridized carbons (Fsp3) is 0.259. The minimum Gasteiger partial charge on any atom is -0.339 e. The number of carbonyl (C=O) groups is 2. The number of anilines is 1. The van der Waals surface area contributed by atoms with E-state index in [0.29, 0.717) is 29.8 Å². The summed E-state index contributed by atoms with van der Waals surface area (Å²) < 4.78 is 14.2. The fourth-order valence-corrected chi connectivity index (χ4v) is 4.87. The van der Waals surface area contributed by atoms with Crippen molar-refractivity contribution in [3.05, 3.63) is 90.2 Å². The van der Waals surface area contributed by atoms with Gasteiger partial charge in [-0.25, -0.2) is 4.39 Å². The summed E-state index contributed by atoms with van der Waals surface area (Å²) in [5.41, 5.74) is 2.59. The van der Waals surface area contributed by atoms with Gasteiger partial charge in [0.2, 0.25) is 5.91 Å². The molecular formula is C27H25FN2O2. The molecule has 0 aromatic heterocycles. The Kier molecular flexibility index (Phi) is 5.25. The van der Waals surface area contributed by atoms with Gasteiger partial charge in [-0.05, 0) is 60.6 Å². The first-order valence-electron chi connectivity index (χ1n) is 11.1. The average molecular weight is 429 g/mol. The lowest BCUT2D eigenvalue weighted by Crippen LogP contribution is -2.40. The van der Waals surface area contributed by atoms with E-state index in [4.69, 9.17) is 0 Å². The zero-order valence-electron chi connectivity index (χ0n) is 17.8. The minimum absolute atomic E-state index is 0.0179. The summed E-state index contributed by atoms with van der Waals surface area (Å²) in [5.74, 6) is -0.243. The van der Waals surface area contributed by atoms with Crippen LogP contribution in [0.2, 0.25) is 0 Å². The SMILES string of the molecule is O=C(Nc1ccccc1)C1CC12CCN(C(=O)c1cccc(-c3ccccc3F)c1)CC2. The molecule has 0 bridgehead atoms. The number of hydrogen-bond acceptors (Lipinski definition) is 2. The van der Waals surface area contributed by atoms with Crippen molar-refractivity contribution in [3.8, 4) is 11.1 Å². The summed E-state index contributed by atoms with van der Waals surface area (Å²) in [4.78, 5) is 27.6. The van der Waals surface area contributed by atoms with Crippen LogP contribution in [0.25, 0.3) is 11.1 Å². The van der Waals surface area contributed by atoms with Gasteiger partial charge in [0.25, 0.3) is 5.91 Å². The molecule has 1 saturated carbocycles. The molecule has 1 N–H and O–H groups in total. The summed E-state index contributed by atoms with van der Waals surface area (Å²) in [5, 5.41) is 3.01. The number of carbonyl (C=O) groups excluding carboxylic acids is 2. The molecule has 1 aliphatic carbocycles. The normalized spacial score (nSPS) is 18.9. The first-order chi connectivity index (χ1) is 15.6. The molecule has 32 heavy (non-hydrogen) atoms. The molecule has 2 fully saturated rings. The van der Waals surface area contributed by atoms with Gasteiger partial charge in [0, 0.05) is 35.8 Å². The standard InChI is InChI=1S/C27H25FN2O2/c28-24-12-5-4-11-22(24)19-7-6-8-20(17-19)26(32)30-15-13-27(14-16-30)18-23(27)25(31)29-21-9-2-1-3-10-21/h1-12,17,23H,13-16,18H2,(H,29,31). The van der Waals surface area contributed by atoms with Gasteiger partial charge in [0.15, 0.2) is 0 Å².